The molecule has 3 aromatic rings. The lowest BCUT2D eigenvalue weighted by molar-refractivity contribution is 0.188. The Morgan fingerprint density at radius 1 is 1.21 bits per heavy atom. The average molecular weight is 480 g/mol. The number of carbonyl (C=O) groups excluding carboxylic acids is 1. The SMILES string of the molecule is CC1CN(C(N)=O)CCN1.Cl.Fc1ccc(F)c([C@H]2CCCN2c2ccn3nccc3n2)c1. The summed E-state index contributed by atoms with van der Waals surface area (Å²) < 4.78 is 29.2. The van der Waals surface area contributed by atoms with Crippen molar-refractivity contribution in [2.24, 2.45) is 5.73 Å². The van der Waals surface area contributed by atoms with E-state index in [-0.39, 0.29) is 30.3 Å². The number of piperazine rings is 1. The Morgan fingerprint density at radius 3 is 2.76 bits per heavy atom. The summed E-state index contributed by atoms with van der Waals surface area (Å²) >= 11 is 0. The Morgan fingerprint density at radius 2 is 2.03 bits per heavy atom. The Labute approximate surface area is 197 Å². The number of primary amides is 1. The van der Waals surface area contributed by atoms with Gasteiger partial charge in [-0.3, -0.25) is 0 Å². The fraction of sp³-hybridized carbons (Fsp3) is 0.409. The number of nitrogens with two attached hydrogens (primary N) is 1. The summed E-state index contributed by atoms with van der Waals surface area (Å²) in [4.78, 5) is 18.9. The third-order valence-corrected chi connectivity index (χ3v) is 5.79. The Kier molecular flexibility index (Phi) is 8.04. The number of hydrogen-bond acceptors (Lipinski definition) is 5. The van der Waals surface area contributed by atoms with Gasteiger partial charge in [0.1, 0.15) is 17.5 Å². The molecular weight excluding hydrogens is 452 g/mol. The zero-order chi connectivity index (χ0) is 22.7. The van der Waals surface area contributed by atoms with Gasteiger partial charge in [-0.25, -0.2) is 23.1 Å². The van der Waals surface area contributed by atoms with E-state index in [4.69, 9.17) is 5.73 Å². The minimum Gasteiger partial charge on any atom is -0.351 e. The van der Waals surface area contributed by atoms with Crippen LogP contribution < -0.4 is 16.0 Å². The number of nitrogens with zero attached hydrogens (tertiary/aromatic N) is 5. The predicted octanol–water partition coefficient (Wildman–Crippen LogP) is 3.13. The maximum atomic E-state index is 14.1. The second-order valence-corrected chi connectivity index (χ2v) is 8.08. The second-order valence-electron chi connectivity index (χ2n) is 8.08. The Bertz CT molecular complexity index is 1100. The molecule has 4 heterocycles. The maximum Gasteiger partial charge on any atom is 0.314 e. The molecule has 2 saturated heterocycles. The molecule has 0 spiro atoms. The number of urea groups is 1. The number of fused-ring (bicyclic) bond motifs is 1. The van der Waals surface area contributed by atoms with Crippen molar-refractivity contribution in [3.05, 3.63) is 59.9 Å². The lowest BCUT2D eigenvalue weighted by atomic mass is 10.0. The van der Waals surface area contributed by atoms with Crippen LogP contribution in [0.1, 0.15) is 31.4 Å². The number of anilines is 1. The molecule has 8 nitrogen and oxygen atoms in total. The number of aromatic nitrogens is 3. The van der Waals surface area contributed by atoms with Crippen molar-refractivity contribution in [2.45, 2.75) is 31.8 Å². The van der Waals surface area contributed by atoms with E-state index in [9.17, 15) is 13.6 Å². The molecule has 1 aromatic carbocycles. The van der Waals surface area contributed by atoms with Crippen LogP contribution >= 0.6 is 12.4 Å². The fourth-order valence-corrected chi connectivity index (χ4v) is 4.23. The number of amides is 2. The monoisotopic (exact) mass is 479 g/mol. The van der Waals surface area contributed by atoms with Gasteiger partial charge in [-0.1, -0.05) is 0 Å². The van der Waals surface area contributed by atoms with Crippen molar-refractivity contribution in [1.82, 2.24) is 24.8 Å². The van der Waals surface area contributed by atoms with Gasteiger partial charge < -0.3 is 20.9 Å². The number of nitrogens with one attached hydrogen (secondary N) is 1. The first-order valence-electron chi connectivity index (χ1n) is 10.7. The van der Waals surface area contributed by atoms with Crippen molar-refractivity contribution >= 4 is 29.9 Å². The first-order valence-corrected chi connectivity index (χ1v) is 10.7. The van der Waals surface area contributed by atoms with Crippen LogP contribution in [-0.4, -0.2) is 57.7 Å². The van der Waals surface area contributed by atoms with E-state index < -0.39 is 5.82 Å². The van der Waals surface area contributed by atoms with Crippen LogP contribution in [0.25, 0.3) is 5.65 Å². The van der Waals surface area contributed by atoms with E-state index >= 15 is 0 Å². The molecule has 2 amide bonds. The highest BCUT2D eigenvalue weighted by Gasteiger charge is 2.29. The molecule has 5 rings (SSSR count). The van der Waals surface area contributed by atoms with E-state index in [1.165, 1.54) is 12.1 Å². The van der Waals surface area contributed by atoms with E-state index in [0.717, 1.165) is 56.6 Å². The zero-order valence-electron chi connectivity index (χ0n) is 18.3. The molecule has 0 radical (unpaired) electrons. The summed E-state index contributed by atoms with van der Waals surface area (Å²) in [5.41, 5.74) is 6.22. The summed E-state index contributed by atoms with van der Waals surface area (Å²) in [6.45, 7) is 5.13. The van der Waals surface area contributed by atoms with E-state index in [1.807, 2.05) is 30.2 Å². The molecule has 2 aromatic heterocycles. The Balaban J connectivity index is 0.000000237. The highest BCUT2D eigenvalue weighted by atomic mass is 35.5. The molecule has 3 N–H and O–H groups in total. The molecule has 11 heteroatoms. The van der Waals surface area contributed by atoms with Crippen molar-refractivity contribution in [1.29, 1.82) is 0 Å². The summed E-state index contributed by atoms with van der Waals surface area (Å²) in [6.07, 6.45) is 5.22. The van der Waals surface area contributed by atoms with Crippen molar-refractivity contribution in [3.8, 4) is 0 Å². The number of hydrogen-bond donors (Lipinski definition) is 2. The van der Waals surface area contributed by atoms with Crippen LogP contribution in [0.2, 0.25) is 0 Å². The predicted molar refractivity (Wildman–Crippen MR) is 125 cm³/mol. The van der Waals surface area contributed by atoms with Crippen LogP contribution in [0.3, 0.4) is 0 Å². The van der Waals surface area contributed by atoms with Crippen LogP contribution in [-0.2, 0) is 0 Å². The zero-order valence-corrected chi connectivity index (χ0v) is 19.1. The van der Waals surface area contributed by atoms with E-state index in [1.54, 1.807) is 15.6 Å². The molecule has 2 atom stereocenters. The normalized spacial score (nSPS) is 20.2. The molecule has 0 saturated carbocycles. The third kappa shape index (κ3) is 5.69. The summed E-state index contributed by atoms with van der Waals surface area (Å²) in [7, 11) is 0. The van der Waals surface area contributed by atoms with Gasteiger partial charge in [-0.15, -0.1) is 12.4 Å². The van der Waals surface area contributed by atoms with Gasteiger partial charge >= 0.3 is 6.03 Å². The topological polar surface area (TPSA) is 91.8 Å². The largest absolute Gasteiger partial charge is 0.351 e. The molecule has 2 aliphatic rings. The minimum absolute atomic E-state index is 0. The van der Waals surface area contributed by atoms with Crippen LogP contribution in [0.15, 0.2) is 42.7 Å². The van der Waals surface area contributed by atoms with Gasteiger partial charge in [0.25, 0.3) is 0 Å². The molecule has 178 valence electrons. The Hall–Kier alpha value is -2.98. The molecule has 1 unspecified atom stereocenters. The summed E-state index contributed by atoms with van der Waals surface area (Å²) in [5, 5.41) is 7.33. The van der Waals surface area contributed by atoms with E-state index in [2.05, 4.69) is 15.4 Å². The smallest absolute Gasteiger partial charge is 0.314 e. The average Bonchev–Trinajstić information content (AvgIpc) is 3.44. The minimum atomic E-state index is -0.414. The number of carbonyl (C=O) groups is 1. The molecule has 2 fully saturated rings. The highest BCUT2D eigenvalue weighted by Crippen LogP contribution is 2.36. The lowest BCUT2D eigenvalue weighted by Gasteiger charge is -2.30. The molecule has 33 heavy (non-hydrogen) atoms. The number of rotatable bonds is 2. The third-order valence-electron chi connectivity index (χ3n) is 5.79. The van der Waals surface area contributed by atoms with Crippen molar-refractivity contribution < 1.29 is 13.6 Å². The van der Waals surface area contributed by atoms with Gasteiger partial charge in [0.2, 0.25) is 0 Å². The van der Waals surface area contributed by atoms with Crippen molar-refractivity contribution in [2.75, 3.05) is 31.1 Å². The highest BCUT2D eigenvalue weighted by molar-refractivity contribution is 5.85. The summed E-state index contributed by atoms with van der Waals surface area (Å²) in [5.74, 6) is -0.0228. The number of benzene rings is 1. The lowest BCUT2D eigenvalue weighted by Crippen LogP contribution is -2.52. The first-order chi connectivity index (χ1) is 15.4. The van der Waals surface area contributed by atoms with Crippen LogP contribution in [0, 0.1) is 11.6 Å². The van der Waals surface area contributed by atoms with Crippen molar-refractivity contribution in [3.63, 3.8) is 0 Å². The molecule has 0 bridgehead atoms. The van der Waals surface area contributed by atoms with Gasteiger partial charge in [-0.05, 0) is 44.0 Å². The second kappa shape index (κ2) is 10.8. The molecule has 2 aliphatic heterocycles. The first kappa shape index (κ1) is 24.7. The standard InChI is InChI=1S/C16H14F2N4.C6H13N3O.ClH/c17-11-3-4-13(18)12(10-11)14-2-1-8-21(14)15-6-9-22-16(20-15)5-7-19-22;1-5-4-9(6(7)10)3-2-8-5;/h3-7,9-10,14H,1-2,8H2;5,8H,2-4H2,1H3,(H2,7,10);1H/t14-;;/m1../s1. The van der Waals surface area contributed by atoms with Gasteiger partial charge in [0.15, 0.2) is 5.65 Å². The summed E-state index contributed by atoms with van der Waals surface area (Å²) in [6, 6.07) is 7.18. The van der Waals surface area contributed by atoms with E-state index in [0.29, 0.717) is 11.6 Å². The van der Waals surface area contributed by atoms with Gasteiger partial charge in [0, 0.05) is 50.0 Å². The van der Waals surface area contributed by atoms with Gasteiger partial charge in [-0.2, -0.15) is 5.10 Å². The molecular formula is C22H28ClF2N7O. The van der Waals surface area contributed by atoms with Gasteiger partial charge in [0.05, 0.1) is 12.2 Å². The maximum absolute atomic E-state index is 14.1. The van der Waals surface area contributed by atoms with Crippen LogP contribution in [0.5, 0.6) is 0 Å². The molecule has 0 aliphatic carbocycles. The number of halogens is 3. The van der Waals surface area contributed by atoms with Crippen LogP contribution in [0.4, 0.5) is 19.4 Å². The quantitative estimate of drug-likeness (QED) is 0.589. The fourth-order valence-electron chi connectivity index (χ4n) is 4.23.